The van der Waals surface area contributed by atoms with Crippen molar-refractivity contribution >= 4 is 59.2 Å². The Labute approximate surface area is 144 Å². The van der Waals surface area contributed by atoms with E-state index in [1.54, 1.807) is 24.3 Å². The van der Waals surface area contributed by atoms with Crippen LogP contribution in [0.4, 0.5) is 5.69 Å². The van der Waals surface area contributed by atoms with Gasteiger partial charge in [0.1, 0.15) is 10.6 Å². The second-order valence-electron chi connectivity index (χ2n) is 4.03. The van der Waals surface area contributed by atoms with Crippen LogP contribution in [-0.2, 0) is 10.0 Å². The van der Waals surface area contributed by atoms with Gasteiger partial charge in [0.15, 0.2) is 0 Å². The molecule has 8 heteroatoms. The number of halogens is 3. The average Bonchev–Trinajstić information content (AvgIpc) is 2.43. The molecule has 0 radical (unpaired) electrons. The zero-order valence-corrected chi connectivity index (χ0v) is 15.5. The van der Waals surface area contributed by atoms with Crippen LogP contribution in [0.15, 0.2) is 50.2 Å². The zero-order valence-electron chi connectivity index (χ0n) is 10.7. The van der Waals surface area contributed by atoms with E-state index in [0.717, 1.165) is 0 Å². The number of sulfonamides is 1. The van der Waals surface area contributed by atoms with Crippen molar-refractivity contribution in [1.82, 2.24) is 0 Å². The van der Waals surface area contributed by atoms with Gasteiger partial charge in [-0.15, -0.1) is 0 Å². The molecule has 0 saturated carbocycles. The molecule has 4 nitrogen and oxygen atoms in total. The topological polar surface area (TPSA) is 55.4 Å². The Kier molecular flexibility index (Phi) is 5.19. The van der Waals surface area contributed by atoms with Crippen LogP contribution < -0.4 is 9.46 Å². The van der Waals surface area contributed by atoms with Crippen molar-refractivity contribution in [1.29, 1.82) is 0 Å². The maximum Gasteiger partial charge on any atom is 0.263 e. The van der Waals surface area contributed by atoms with E-state index < -0.39 is 10.0 Å². The van der Waals surface area contributed by atoms with Crippen LogP contribution in [0, 0.1) is 0 Å². The van der Waals surface area contributed by atoms with E-state index in [1.807, 2.05) is 0 Å². The van der Waals surface area contributed by atoms with Gasteiger partial charge in [-0.05, 0) is 46.3 Å². The van der Waals surface area contributed by atoms with Crippen LogP contribution in [0.2, 0.25) is 5.02 Å². The Morgan fingerprint density at radius 1 is 1.14 bits per heavy atom. The molecule has 21 heavy (non-hydrogen) atoms. The van der Waals surface area contributed by atoms with Crippen molar-refractivity contribution in [3.8, 4) is 5.75 Å². The van der Waals surface area contributed by atoms with Gasteiger partial charge in [0.05, 0.1) is 17.8 Å². The van der Waals surface area contributed by atoms with E-state index in [9.17, 15) is 8.42 Å². The SMILES string of the molecule is COc1ccc(Cl)c(NS(=O)(=O)c2cc(Br)ccc2Br)c1. The quantitative estimate of drug-likeness (QED) is 0.729. The number of hydrogen-bond donors (Lipinski definition) is 1. The van der Waals surface area contributed by atoms with Crippen molar-refractivity contribution in [2.45, 2.75) is 4.90 Å². The molecule has 2 aromatic carbocycles. The fraction of sp³-hybridized carbons (Fsp3) is 0.0769. The maximum atomic E-state index is 12.5. The number of methoxy groups -OCH3 is 1. The van der Waals surface area contributed by atoms with Crippen molar-refractivity contribution in [3.05, 3.63) is 50.4 Å². The predicted molar refractivity (Wildman–Crippen MR) is 90.7 cm³/mol. The number of anilines is 1. The lowest BCUT2D eigenvalue weighted by Crippen LogP contribution is -2.14. The molecular formula is C13H10Br2ClNO3S. The van der Waals surface area contributed by atoms with Gasteiger partial charge in [0.25, 0.3) is 10.0 Å². The van der Waals surface area contributed by atoms with Crippen LogP contribution in [0.1, 0.15) is 0 Å². The first-order valence-corrected chi connectivity index (χ1v) is 9.09. The standard InChI is InChI=1S/C13H10Br2ClNO3S/c1-20-9-3-5-11(16)12(7-9)17-21(18,19)13-6-8(14)2-4-10(13)15/h2-7,17H,1H3. The van der Waals surface area contributed by atoms with Crippen molar-refractivity contribution in [2.24, 2.45) is 0 Å². The van der Waals surface area contributed by atoms with Crippen molar-refractivity contribution in [3.63, 3.8) is 0 Å². The first-order chi connectivity index (χ1) is 9.83. The molecule has 0 aliphatic rings. The molecule has 0 heterocycles. The average molecular weight is 456 g/mol. The number of benzene rings is 2. The van der Waals surface area contributed by atoms with Crippen LogP contribution in [0.3, 0.4) is 0 Å². The summed E-state index contributed by atoms with van der Waals surface area (Å²) in [5.74, 6) is 0.505. The second-order valence-corrected chi connectivity index (χ2v) is 7.85. The summed E-state index contributed by atoms with van der Waals surface area (Å²) in [4.78, 5) is 0.107. The van der Waals surface area contributed by atoms with Gasteiger partial charge >= 0.3 is 0 Å². The van der Waals surface area contributed by atoms with Crippen LogP contribution in [-0.4, -0.2) is 15.5 Å². The Morgan fingerprint density at radius 3 is 2.52 bits per heavy atom. The second kappa shape index (κ2) is 6.56. The third kappa shape index (κ3) is 3.91. The highest BCUT2D eigenvalue weighted by molar-refractivity contribution is 9.11. The first kappa shape index (κ1) is 16.6. The van der Waals surface area contributed by atoms with E-state index in [0.29, 0.717) is 14.7 Å². The fourth-order valence-corrected chi connectivity index (χ4v) is 4.39. The molecule has 0 aliphatic heterocycles. The van der Waals surface area contributed by atoms with Crippen LogP contribution >= 0.6 is 43.5 Å². The molecule has 0 unspecified atom stereocenters. The highest BCUT2D eigenvalue weighted by atomic mass is 79.9. The van der Waals surface area contributed by atoms with E-state index in [1.165, 1.54) is 19.2 Å². The summed E-state index contributed by atoms with van der Waals surface area (Å²) in [6.07, 6.45) is 0. The van der Waals surface area contributed by atoms with Crippen molar-refractivity contribution < 1.29 is 13.2 Å². The summed E-state index contributed by atoms with van der Waals surface area (Å²) in [6.45, 7) is 0. The smallest absolute Gasteiger partial charge is 0.263 e. The summed E-state index contributed by atoms with van der Waals surface area (Å²) in [6, 6.07) is 9.61. The molecule has 0 spiro atoms. The lowest BCUT2D eigenvalue weighted by Gasteiger charge is -2.12. The van der Waals surface area contributed by atoms with E-state index in [2.05, 4.69) is 36.6 Å². The van der Waals surface area contributed by atoms with Gasteiger partial charge in [-0.3, -0.25) is 4.72 Å². The van der Waals surface area contributed by atoms with E-state index in [-0.39, 0.29) is 15.6 Å². The molecule has 0 aliphatic carbocycles. The fourth-order valence-electron chi connectivity index (χ4n) is 1.59. The monoisotopic (exact) mass is 453 g/mol. The molecule has 0 amide bonds. The van der Waals surface area contributed by atoms with E-state index in [4.69, 9.17) is 16.3 Å². The van der Waals surface area contributed by atoms with Gasteiger partial charge in [0, 0.05) is 15.0 Å². The summed E-state index contributed by atoms with van der Waals surface area (Å²) >= 11 is 12.5. The molecule has 1 N–H and O–H groups in total. The number of ether oxygens (including phenoxy) is 1. The summed E-state index contributed by atoms with van der Waals surface area (Å²) in [5, 5.41) is 0.283. The van der Waals surface area contributed by atoms with Crippen LogP contribution in [0.5, 0.6) is 5.75 Å². The Hall–Kier alpha value is -0.760. The lowest BCUT2D eigenvalue weighted by atomic mass is 10.3. The summed E-state index contributed by atoms with van der Waals surface area (Å²) in [7, 11) is -2.29. The highest BCUT2D eigenvalue weighted by Crippen LogP contribution is 2.31. The highest BCUT2D eigenvalue weighted by Gasteiger charge is 2.19. The number of rotatable bonds is 4. The van der Waals surface area contributed by atoms with Gasteiger partial charge in [0.2, 0.25) is 0 Å². The third-order valence-corrected chi connectivity index (χ3v) is 5.78. The molecule has 2 aromatic rings. The van der Waals surface area contributed by atoms with Gasteiger partial charge in [-0.25, -0.2) is 8.42 Å². The molecule has 0 aromatic heterocycles. The minimum atomic E-state index is -3.78. The third-order valence-electron chi connectivity index (χ3n) is 2.60. The maximum absolute atomic E-state index is 12.5. The Morgan fingerprint density at radius 2 is 1.86 bits per heavy atom. The minimum absolute atomic E-state index is 0.107. The molecular weight excluding hydrogens is 445 g/mol. The predicted octanol–water partition coefficient (Wildman–Crippen LogP) is 4.67. The number of hydrogen-bond acceptors (Lipinski definition) is 3. The van der Waals surface area contributed by atoms with Gasteiger partial charge in [-0.2, -0.15) is 0 Å². The first-order valence-electron chi connectivity index (χ1n) is 5.65. The summed E-state index contributed by atoms with van der Waals surface area (Å²) in [5.41, 5.74) is 0.253. The molecule has 112 valence electrons. The molecule has 0 atom stereocenters. The summed E-state index contributed by atoms with van der Waals surface area (Å²) < 4.78 is 33.6. The van der Waals surface area contributed by atoms with E-state index >= 15 is 0 Å². The molecule has 0 bridgehead atoms. The minimum Gasteiger partial charge on any atom is -0.497 e. The largest absolute Gasteiger partial charge is 0.497 e. The lowest BCUT2D eigenvalue weighted by molar-refractivity contribution is 0.415. The van der Waals surface area contributed by atoms with Gasteiger partial charge < -0.3 is 4.74 Å². The molecule has 0 fully saturated rings. The Balaban J connectivity index is 2.44. The van der Waals surface area contributed by atoms with Crippen LogP contribution in [0.25, 0.3) is 0 Å². The normalized spacial score (nSPS) is 11.2. The van der Waals surface area contributed by atoms with Gasteiger partial charge in [-0.1, -0.05) is 27.5 Å². The number of nitrogens with one attached hydrogen (secondary N) is 1. The Bertz CT molecular complexity index is 781. The molecule has 2 rings (SSSR count). The zero-order chi connectivity index (χ0) is 15.6. The van der Waals surface area contributed by atoms with Crippen molar-refractivity contribution in [2.75, 3.05) is 11.8 Å². The molecule has 0 saturated heterocycles.